The van der Waals surface area contributed by atoms with Crippen molar-refractivity contribution in [2.45, 2.75) is 51.8 Å². The Morgan fingerprint density at radius 3 is 2.43 bits per heavy atom. The molecule has 2 amide bonds. The monoisotopic (exact) mass is 414 g/mol. The molecule has 0 aromatic carbocycles. The molecule has 1 heterocycles. The van der Waals surface area contributed by atoms with Crippen LogP contribution in [0.2, 0.25) is 0 Å². The number of ketones is 1. The van der Waals surface area contributed by atoms with Gasteiger partial charge < -0.3 is 26.8 Å². The topological polar surface area (TPSA) is 134 Å². The maximum absolute atomic E-state index is 12.8. The Balaban J connectivity index is 2.84. The maximum atomic E-state index is 12.8. The molecular weight excluding hydrogens is 380 g/mol. The molecule has 1 aliphatic heterocycles. The molecule has 160 valence electrons. The van der Waals surface area contributed by atoms with E-state index in [0.717, 1.165) is 19.4 Å². The molecule has 0 spiro atoms. The van der Waals surface area contributed by atoms with Crippen LogP contribution >= 0.6 is 12.6 Å². The lowest BCUT2D eigenvalue weighted by Gasteiger charge is -2.34. The lowest BCUT2D eigenvalue weighted by Crippen LogP contribution is -2.59. The van der Waals surface area contributed by atoms with E-state index in [2.05, 4.69) is 49.0 Å². The van der Waals surface area contributed by atoms with Crippen LogP contribution in [-0.2, 0) is 14.4 Å². The Morgan fingerprint density at radius 1 is 1.29 bits per heavy atom. The van der Waals surface area contributed by atoms with Crippen molar-refractivity contribution in [1.29, 1.82) is 0 Å². The Hall–Kier alpha value is -1.42. The zero-order valence-electron chi connectivity index (χ0n) is 16.9. The molecule has 0 radical (unpaired) electrons. The number of aliphatic hydroxyl groups excluding tert-OH is 1. The number of aliphatic hydroxyl groups is 1. The lowest BCUT2D eigenvalue weighted by atomic mass is 9.80. The van der Waals surface area contributed by atoms with E-state index < -0.39 is 29.9 Å². The molecule has 0 aromatic heterocycles. The average molecular weight is 415 g/mol. The molecule has 1 rings (SSSR count). The van der Waals surface area contributed by atoms with Crippen LogP contribution in [0.15, 0.2) is 11.5 Å². The number of carbonyl (C=O) groups excluding carboxylic acids is 3. The molecule has 8 nitrogen and oxygen atoms in total. The van der Waals surface area contributed by atoms with Crippen molar-refractivity contribution >= 4 is 30.2 Å². The molecule has 0 saturated carbocycles. The summed E-state index contributed by atoms with van der Waals surface area (Å²) >= 11 is 3.89. The van der Waals surface area contributed by atoms with Gasteiger partial charge in [0, 0.05) is 18.0 Å². The van der Waals surface area contributed by atoms with Gasteiger partial charge >= 0.3 is 0 Å². The minimum absolute atomic E-state index is 0.0295. The Morgan fingerprint density at radius 2 is 1.93 bits per heavy atom. The van der Waals surface area contributed by atoms with Gasteiger partial charge in [-0.2, -0.15) is 0 Å². The number of carbonyl (C=O) groups is 3. The molecule has 1 saturated heterocycles. The first-order chi connectivity index (χ1) is 13.1. The fourth-order valence-corrected chi connectivity index (χ4v) is 3.62. The predicted octanol–water partition coefficient (Wildman–Crippen LogP) is -0.420. The van der Waals surface area contributed by atoms with Gasteiger partial charge in [0.2, 0.25) is 11.8 Å². The number of thiol groups is 1. The van der Waals surface area contributed by atoms with Crippen molar-refractivity contribution in [3.05, 3.63) is 11.5 Å². The van der Waals surface area contributed by atoms with E-state index in [1.807, 2.05) is 0 Å². The van der Waals surface area contributed by atoms with Gasteiger partial charge in [0.1, 0.15) is 12.1 Å². The molecular formula is C19H34N4O4S. The second-order valence-electron chi connectivity index (χ2n) is 7.82. The van der Waals surface area contributed by atoms with E-state index >= 15 is 0 Å². The Labute approximate surface area is 172 Å². The van der Waals surface area contributed by atoms with Crippen LogP contribution in [0.5, 0.6) is 0 Å². The first-order valence-electron chi connectivity index (χ1n) is 9.70. The third kappa shape index (κ3) is 7.20. The molecule has 6 N–H and O–H groups in total. The third-order valence-corrected chi connectivity index (χ3v) is 5.17. The standard InChI is InChI=1S/C19H34N4O4S/c1-10(2)7-13-5-6-21-9-14(13)18(26)23-16(11(3)24)19(27)22-15(8-20)17(25)12(4)28/h10-11,13-16,21,24,28H,4-9,20H2,1-3H3,(H,22,27)(H,23,26)/t11?,13?,14?,15-,16-/m0/s1. The van der Waals surface area contributed by atoms with Crippen molar-refractivity contribution in [2.75, 3.05) is 19.6 Å². The average Bonchev–Trinajstić information content (AvgIpc) is 2.62. The van der Waals surface area contributed by atoms with Gasteiger partial charge in [0.15, 0.2) is 5.78 Å². The van der Waals surface area contributed by atoms with Gasteiger partial charge in [0.05, 0.1) is 12.0 Å². The zero-order valence-corrected chi connectivity index (χ0v) is 17.8. The highest BCUT2D eigenvalue weighted by molar-refractivity contribution is 7.85. The molecule has 3 unspecified atom stereocenters. The van der Waals surface area contributed by atoms with E-state index in [4.69, 9.17) is 5.73 Å². The SMILES string of the molecule is C=C(S)C(=O)[C@H](CN)NC(=O)[C@@H](NC(=O)C1CNCCC1CC(C)C)C(C)O. The normalized spacial score (nSPS) is 22.8. The molecule has 0 bridgehead atoms. The van der Waals surface area contributed by atoms with Gasteiger partial charge in [-0.1, -0.05) is 20.4 Å². The van der Waals surface area contributed by atoms with Crippen molar-refractivity contribution in [1.82, 2.24) is 16.0 Å². The van der Waals surface area contributed by atoms with Crippen LogP contribution in [0.1, 0.15) is 33.6 Å². The second kappa shape index (κ2) is 11.5. The smallest absolute Gasteiger partial charge is 0.245 e. The third-order valence-electron chi connectivity index (χ3n) is 4.95. The first-order valence-corrected chi connectivity index (χ1v) is 10.1. The first kappa shape index (κ1) is 24.6. The number of nitrogens with one attached hydrogen (secondary N) is 3. The summed E-state index contributed by atoms with van der Waals surface area (Å²) in [4.78, 5) is 37.4. The second-order valence-corrected chi connectivity index (χ2v) is 8.36. The van der Waals surface area contributed by atoms with Crippen LogP contribution in [0.3, 0.4) is 0 Å². The van der Waals surface area contributed by atoms with E-state index in [-0.39, 0.29) is 29.2 Å². The molecule has 1 fully saturated rings. The van der Waals surface area contributed by atoms with Crippen LogP contribution in [-0.4, -0.2) is 60.5 Å². The molecule has 5 atom stereocenters. The van der Waals surface area contributed by atoms with Crippen LogP contribution < -0.4 is 21.7 Å². The van der Waals surface area contributed by atoms with Gasteiger partial charge in [-0.05, 0) is 38.1 Å². The summed E-state index contributed by atoms with van der Waals surface area (Å²) in [7, 11) is 0. The number of Topliss-reactive ketones (excluding diaryl/α,β-unsaturated/α-hetero) is 1. The maximum Gasteiger partial charge on any atom is 0.245 e. The minimum atomic E-state index is -1.19. The number of nitrogens with two attached hydrogens (primary N) is 1. The van der Waals surface area contributed by atoms with E-state index in [0.29, 0.717) is 12.5 Å². The largest absolute Gasteiger partial charge is 0.391 e. The Kier molecular flexibility index (Phi) is 10.2. The van der Waals surface area contributed by atoms with E-state index in [1.54, 1.807) is 0 Å². The van der Waals surface area contributed by atoms with Gasteiger partial charge in [-0.25, -0.2) is 0 Å². The van der Waals surface area contributed by atoms with Crippen molar-refractivity contribution in [3.8, 4) is 0 Å². The van der Waals surface area contributed by atoms with Gasteiger partial charge in [0.25, 0.3) is 0 Å². The van der Waals surface area contributed by atoms with Crippen LogP contribution in [0.25, 0.3) is 0 Å². The van der Waals surface area contributed by atoms with E-state index in [9.17, 15) is 19.5 Å². The summed E-state index contributed by atoms with van der Waals surface area (Å²) in [6, 6.07) is -2.20. The quantitative estimate of drug-likeness (QED) is 0.212. The fourth-order valence-electron chi connectivity index (χ4n) is 3.47. The highest BCUT2D eigenvalue weighted by Crippen LogP contribution is 2.26. The van der Waals surface area contributed by atoms with Gasteiger partial charge in [-0.3, -0.25) is 14.4 Å². The van der Waals surface area contributed by atoms with E-state index in [1.165, 1.54) is 6.92 Å². The highest BCUT2D eigenvalue weighted by Gasteiger charge is 2.35. The van der Waals surface area contributed by atoms with Crippen LogP contribution in [0.4, 0.5) is 0 Å². The summed E-state index contributed by atoms with van der Waals surface area (Å²) in [5, 5.41) is 18.4. The summed E-state index contributed by atoms with van der Waals surface area (Å²) in [5.74, 6) is -1.08. The summed E-state index contributed by atoms with van der Waals surface area (Å²) in [6.07, 6.45) is 0.658. The molecule has 1 aliphatic rings. The molecule has 28 heavy (non-hydrogen) atoms. The molecule has 0 aliphatic carbocycles. The highest BCUT2D eigenvalue weighted by atomic mass is 32.1. The summed E-state index contributed by atoms with van der Waals surface area (Å²) in [6.45, 7) is 10.3. The number of piperidine rings is 1. The number of hydrogen-bond acceptors (Lipinski definition) is 7. The summed E-state index contributed by atoms with van der Waals surface area (Å²) < 4.78 is 0. The number of amides is 2. The molecule has 9 heteroatoms. The number of rotatable bonds is 10. The lowest BCUT2D eigenvalue weighted by molar-refractivity contribution is -0.136. The summed E-state index contributed by atoms with van der Waals surface area (Å²) in [5.41, 5.74) is 5.55. The van der Waals surface area contributed by atoms with Crippen molar-refractivity contribution in [2.24, 2.45) is 23.5 Å². The van der Waals surface area contributed by atoms with Gasteiger partial charge in [-0.15, -0.1) is 12.6 Å². The zero-order chi connectivity index (χ0) is 21.4. The van der Waals surface area contributed by atoms with Crippen LogP contribution in [0, 0.1) is 17.8 Å². The molecule has 0 aromatic rings. The number of hydrogen-bond donors (Lipinski definition) is 6. The fraction of sp³-hybridized carbons (Fsp3) is 0.737. The predicted molar refractivity (Wildman–Crippen MR) is 112 cm³/mol. The van der Waals surface area contributed by atoms with Crippen molar-refractivity contribution in [3.63, 3.8) is 0 Å². The van der Waals surface area contributed by atoms with Crippen molar-refractivity contribution < 1.29 is 19.5 Å². The Bertz CT molecular complexity index is 582. The minimum Gasteiger partial charge on any atom is -0.391 e.